The van der Waals surface area contributed by atoms with Gasteiger partial charge in [-0.05, 0) is 0 Å². The molecule has 1 unspecified atom stereocenters. The van der Waals surface area contributed by atoms with E-state index in [1.165, 1.54) is 15.0 Å². The number of allylic oxidation sites excluding steroid dienone is 5. The van der Waals surface area contributed by atoms with Crippen molar-refractivity contribution in [2.45, 2.75) is 65.6 Å². The van der Waals surface area contributed by atoms with Crippen LogP contribution in [0.4, 0.5) is 0 Å². The van der Waals surface area contributed by atoms with Gasteiger partial charge in [-0.2, -0.15) is 0 Å². The van der Waals surface area contributed by atoms with Gasteiger partial charge in [0, 0.05) is 0 Å². The monoisotopic (exact) mass is 389 g/mol. The van der Waals surface area contributed by atoms with Gasteiger partial charge < -0.3 is 24.8 Å². The summed E-state index contributed by atoms with van der Waals surface area (Å²) >= 11 is 2.25. The van der Waals surface area contributed by atoms with Crippen molar-refractivity contribution in [2.24, 2.45) is 5.41 Å². The zero-order valence-electron chi connectivity index (χ0n) is 14.7. The number of ether oxygens (including phenoxy) is 1. The van der Waals surface area contributed by atoms with Crippen LogP contribution in [0, 0.1) is 5.41 Å². The molecule has 0 radical (unpaired) electrons. The third kappa shape index (κ3) is 5.61. The number of hydrogen-bond acceptors (Lipinski definition) is 1. The topological polar surface area (TPSA) is 9.23 Å². The molecule has 2 aliphatic rings. The van der Waals surface area contributed by atoms with Crippen molar-refractivity contribution < 1.29 is 50.0 Å². The quantitative estimate of drug-likeness (QED) is 0.574. The van der Waals surface area contributed by atoms with Gasteiger partial charge in [-0.25, -0.2) is 0 Å². The summed E-state index contributed by atoms with van der Waals surface area (Å²) in [7, 11) is 0. The smallest absolute Gasteiger partial charge is 1.00 e. The summed E-state index contributed by atoms with van der Waals surface area (Å²) < 4.78 is 8.03. The van der Waals surface area contributed by atoms with Crippen LogP contribution < -0.4 is 24.8 Å². The van der Waals surface area contributed by atoms with Crippen LogP contribution in [0.25, 0.3) is 0 Å². The number of halogens is 2. The Morgan fingerprint density at radius 3 is 2.35 bits per heavy atom. The molecule has 0 N–H and O–H groups in total. The molecule has 2 aliphatic carbocycles. The molecule has 1 nitrogen and oxygen atoms in total. The summed E-state index contributed by atoms with van der Waals surface area (Å²) in [4.78, 5) is 0. The first-order valence-corrected chi connectivity index (χ1v) is 8.68. The van der Waals surface area contributed by atoms with Crippen LogP contribution >= 0.6 is 0 Å². The van der Waals surface area contributed by atoms with E-state index >= 15 is 0 Å². The third-order valence-electron chi connectivity index (χ3n) is 4.11. The van der Waals surface area contributed by atoms with E-state index in [0.717, 1.165) is 19.3 Å². The molecule has 0 spiro atoms. The van der Waals surface area contributed by atoms with Crippen LogP contribution in [0.15, 0.2) is 45.4 Å². The molecule has 0 aliphatic heterocycles. The van der Waals surface area contributed by atoms with Gasteiger partial charge in [0.15, 0.2) is 0 Å². The molecule has 0 saturated carbocycles. The molecule has 0 heterocycles. The van der Waals surface area contributed by atoms with Crippen LogP contribution in [0.2, 0.25) is 0 Å². The Labute approximate surface area is 165 Å². The van der Waals surface area contributed by atoms with Crippen LogP contribution in [-0.2, 0) is 25.2 Å². The van der Waals surface area contributed by atoms with E-state index in [0.29, 0.717) is 0 Å². The van der Waals surface area contributed by atoms with E-state index in [-0.39, 0.29) is 41.9 Å². The molecular formula is C19H27Cl2OTi. The summed E-state index contributed by atoms with van der Waals surface area (Å²) in [6.07, 6.45) is 14.6. The first-order valence-electron chi connectivity index (χ1n) is 7.90. The molecule has 1 atom stereocenters. The van der Waals surface area contributed by atoms with E-state index in [1.54, 1.807) is 0 Å². The zero-order chi connectivity index (χ0) is 15.7. The van der Waals surface area contributed by atoms with Gasteiger partial charge in [-0.15, -0.1) is 0 Å². The second-order valence-corrected chi connectivity index (χ2v) is 8.35. The molecule has 2 rings (SSSR count). The molecule has 23 heavy (non-hydrogen) atoms. The van der Waals surface area contributed by atoms with Gasteiger partial charge in [-0.1, -0.05) is 0 Å². The molecule has 0 aromatic rings. The van der Waals surface area contributed by atoms with Gasteiger partial charge in [0.2, 0.25) is 0 Å². The Balaban J connectivity index is 0.00000242. The Morgan fingerprint density at radius 1 is 1.22 bits per heavy atom. The fourth-order valence-electron chi connectivity index (χ4n) is 3.41. The summed E-state index contributed by atoms with van der Waals surface area (Å²) in [6, 6.07) is 0. The van der Waals surface area contributed by atoms with Crippen molar-refractivity contribution in [3.8, 4) is 0 Å². The molecule has 0 saturated heterocycles. The average Bonchev–Trinajstić information content (AvgIpc) is 2.73. The van der Waals surface area contributed by atoms with Crippen molar-refractivity contribution in [2.75, 3.05) is 0 Å². The van der Waals surface area contributed by atoms with Crippen molar-refractivity contribution >= 4 is 0 Å². The van der Waals surface area contributed by atoms with Crippen molar-refractivity contribution in [3.63, 3.8) is 0 Å². The predicted octanol–water partition coefficient (Wildman–Crippen LogP) is -0.758. The molecule has 4 heteroatoms. The molecule has 0 amide bonds. The fourth-order valence-corrected chi connectivity index (χ4v) is 3.87. The third-order valence-corrected chi connectivity index (χ3v) is 4.93. The minimum atomic E-state index is -0.188. The van der Waals surface area contributed by atoms with E-state index in [2.05, 4.69) is 85.4 Å². The largest absolute Gasteiger partial charge is 1.00 e. The van der Waals surface area contributed by atoms with Gasteiger partial charge in [0.1, 0.15) is 0 Å². The Bertz CT molecular complexity index is 524. The fraction of sp³-hybridized carbons (Fsp3) is 0.579. The number of hydrogen-bond donors (Lipinski definition) is 0. The van der Waals surface area contributed by atoms with E-state index in [4.69, 9.17) is 4.74 Å². The molecule has 127 valence electrons. The molecular weight excluding hydrogens is 363 g/mol. The van der Waals surface area contributed by atoms with E-state index < -0.39 is 0 Å². The minimum Gasteiger partial charge on any atom is -1.00 e. The van der Waals surface area contributed by atoms with Crippen LogP contribution in [0.3, 0.4) is 0 Å². The Kier molecular flexibility index (Phi) is 9.15. The summed E-state index contributed by atoms with van der Waals surface area (Å²) in [5.41, 5.74) is 2.82. The zero-order valence-corrected chi connectivity index (χ0v) is 17.8. The second kappa shape index (κ2) is 9.06. The molecule has 0 aromatic heterocycles. The Morgan fingerprint density at radius 2 is 1.87 bits per heavy atom. The maximum Gasteiger partial charge on any atom is -1.00 e. The number of rotatable bonds is 4. The predicted molar refractivity (Wildman–Crippen MR) is 85.6 cm³/mol. The van der Waals surface area contributed by atoms with Gasteiger partial charge in [0.25, 0.3) is 0 Å². The van der Waals surface area contributed by atoms with E-state index in [1.807, 2.05) is 0 Å². The van der Waals surface area contributed by atoms with Gasteiger partial charge in [0.05, 0.1) is 0 Å². The van der Waals surface area contributed by atoms with Crippen LogP contribution in [-0.4, -0.2) is 11.7 Å². The van der Waals surface area contributed by atoms with E-state index in [9.17, 15) is 0 Å². The van der Waals surface area contributed by atoms with Crippen LogP contribution in [0.5, 0.6) is 0 Å². The second-order valence-electron chi connectivity index (χ2n) is 7.41. The van der Waals surface area contributed by atoms with Gasteiger partial charge >= 0.3 is 142 Å². The van der Waals surface area contributed by atoms with Gasteiger partial charge in [-0.3, -0.25) is 0 Å². The molecule has 0 fully saturated rings. The van der Waals surface area contributed by atoms with Crippen molar-refractivity contribution in [1.82, 2.24) is 0 Å². The minimum absolute atomic E-state index is 0. The first-order chi connectivity index (χ1) is 9.74. The average molecular weight is 390 g/mol. The Hall–Kier alpha value is 0.214. The SMILES string of the molecule is CC(C)OC1(CC2=[C]([Ti+2])CC=C2)CC=CC=C1C(C)(C)C.[Cl-].[Cl-]. The van der Waals surface area contributed by atoms with Crippen molar-refractivity contribution in [3.05, 3.63) is 45.4 Å². The maximum absolute atomic E-state index is 6.54. The first kappa shape index (κ1) is 23.2. The molecule has 0 aromatic carbocycles. The summed E-state index contributed by atoms with van der Waals surface area (Å²) in [5.74, 6) is 0. The molecule has 0 bridgehead atoms. The van der Waals surface area contributed by atoms with Crippen LogP contribution in [0.1, 0.15) is 53.9 Å². The summed E-state index contributed by atoms with van der Waals surface area (Å²) in [5, 5.41) is 0. The normalized spacial score (nSPS) is 23.7. The standard InChI is InChI=1S/C19H27O.2ClH.Ti/c1-15(2)20-19(14-16-10-6-7-11-16)13-9-8-12-17(19)18(3,4)5;;;/h6,8-10,12,15H,7,13-14H2,1-5H3;2*1H;/q;;;+2/p-2. The maximum atomic E-state index is 6.54. The summed E-state index contributed by atoms with van der Waals surface area (Å²) in [6.45, 7) is 11.2. The van der Waals surface area contributed by atoms with Crippen molar-refractivity contribution in [1.29, 1.82) is 0 Å².